The lowest BCUT2D eigenvalue weighted by atomic mass is 10.0. The molecule has 1 aliphatic rings. The third-order valence-electron chi connectivity index (χ3n) is 3.27. The Morgan fingerprint density at radius 1 is 1.30 bits per heavy atom. The van der Waals surface area contributed by atoms with Gasteiger partial charge in [-0.25, -0.2) is 0 Å². The number of benzene rings is 1. The first kappa shape index (κ1) is 12.5. The summed E-state index contributed by atoms with van der Waals surface area (Å²) in [5.41, 5.74) is 2.32. The largest absolute Gasteiger partial charge is 0.467 e. The number of anilines is 1. The van der Waals surface area contributed by atoms with E-state index >= 15 is 0 Å². The fraction of sp³-hybridized carbons (Fsp3) is 0.200. The van der Waals surface area contributed by atoms with Crippen molar-refractivity contribution in [2.24, 2.45) is 0 Å². The highest BCUT2D eigenvalue weighted by molar-refractivity contribution is 5.98. The van der Waals surface area contributed by atoms with Crippen LogP contribution in [-0.4, -0.2) is 11.8 Å². The molecule has 2 heterocycles. The van der Waals surface area contributed by atoms with E-state index in [4.69, 9.17) is 4.42 Å². The number of rotatable bonds is 3. The third kappa shape index (κ3) is 2.56. The Labute approximate surface area is 116 Å². The number of carbonyl (C=O) groups is 2. The predicted octanol–water partition coefficient (Wildman–Crippen LogP) is 2.09. The zero-order valence-corrected chi connectivity index (χ0v) is 10.8. The number of hydrogen-bond donors (Lipinski definition) is 2. The molecular formula is C15H14N2O3. The number of amides is 2. The van der Waals surface area contributed by atoms with Crippen molar-refractivity contribution in [2.75, 3.05) is 5.32 Å². The topological polar surface area (TPSA) is 71.3 Å². The van der Waals surface area contributed by atoms with E-state index in [-0.39, 0.29) is 11.8 Å². The highest BCUT2D eigenvalue weighted by Gasteiger charge is 2.16. The van der Waals surface area contributed by atoms with Crippen molar-refractivity contribution < 1.29 is 14.0 Å². The fourth-order valence-corrected chi connectivity index (χ4v) is 2.20. The molecule has 0 fully saturated rings. The standard InChI is InChI=1S/C15H14N2O3/c18-14-6-5-10-3-4-11(8-13(10)17-14)15(19)16-9-12-2-1-7-20-12/h1-4,7-8H,5-6,9H2,(H,16,19)(H,17,18). The van der Waals surface area contributed by atoms with Crippen molar-refractivity contribution in [2.45, 2.75) is 19.4 Å². The van der Waals surface area contributed by atoms with Gasteiger partial charge in [-0.05, 0) is 36.2 Å². The van der Waals surface area contributed by atoms with Gasteiger partial charge in [0, 0.05) is 17.7 Å². The Balaban J connectivity index is 1.72. The van der Waals surface area contributed by atoms with Crippen LogP contribution >= 0.6 is 0 Å². The molecule has 1 aliphatic heterocycles. The number of furan rings is 1. The summed E-state index contributed by atoms with van der Waals surface area (Å²) in [6, 6.07) is 8.94. The van der Waals surface area contributed by atoms with Crippen molar-refractivity contribution in [3.63, 3.8) is 0 Å². The van der Waals surface area contributed by atoms with Gasteiger partial charge in [0.05, 0.1) is 12.8 Å². The van der Waals surface area contributed by atoms with E-state index < -0.39 is 0 Å². The molecule has 0 aliphatic carbocycles. The van der Waals surface area contributed by atoms with E-state index in [1.54, 1.807) is 30.5 Å². The van der Waals surface area contributed by atoms with E-state index in [1.165, 1.54) is 0 Å². The van der Waals surface area contributed by atoms with Crippen LogP contribution in [0.25, 0.3) is 0 Å². The van der Waals surface area contributed by atoms with Crippen molar-refractivity contribution in [1.82, 2.24) is 5.32 Å². The monoisotopic (exact) mass is 270 g/mol. The van der Waals surface area contributed by atoms with Crippen LogP contribution in [0.15, 0.2) is 41.0 Å². The first-order valence-corrected chi connectivity index (χ1v) is 6.46. The minimum absolute atomic E-state index is 0.00866. The first-order chi connectivity index (χ1) is 9.72. The van der Waals surface area contributed by atoms with Crippen LogP contribution in [0.1, 0.15) is 28.1 Å². The minimum Gasteiger partial charge on any atom is -0.467 e. The summed E-state index contributed by atoms with van der Waals surface area (Å²) in [5, 5.41) is 5.56. The van der Waals surface area contributed by atoms with E-state index in [2.05, 4.69) is 10.6 Å². The van der Waals surface area contributed by atoms with Gasteiger partial charge in [-0.15, -0.1) is 0 Å². The molecule has 0 unspecified atom stereocenters. The average molecular weight is 270 g/mol. The Kier molecular flexibility index (Phi) is 3.25. The molecule has 0 atom stereocenters. The molecule has 3 rings (SSSR count). The van der Waals surface area contributed by atoms with E-state index in [1.807, 2.05) is 6.07 Å². The number of aryl methyl sites for hydroxylation is 1. The second-order valence-corrected chi connectivity index (χ2v) is 4.68. The van der Waals surface area contributed by atoms with Crippen molar-refractivity contribution in [3.8, 4) is 0 Å². The van der Waals surface area contributed by atoms with Crippen LogP contribution in [0.2, 0.25) is 0 Å². The highest BCUT2D eigenvalue weighted by atomic mass is 16.3. The quantitative estimate of drug-likeness (QED) is 0.897. The lowest BCUT2D eigenvalue weighted by molar-refractivity contribution is -0.116. The maximum absolute atomic E-state index is 12.0. The second kappa shape index (κ2) is 5.21. The molecule has 0 radical (unpaired) electrons. The van der Waals surface area contributed by atoms with Crippen LogP contribution in [0.4, 0.5) is 5.69 Å². The van der Waals surface area contributed by atoms with Crippen LogP contribution in [0.5, 0.6) is 0 Å². The molecule has 0 saturated carbocycles. The lowest BCUT2D eigenvalue weighted by Crippen LogP contribution is -2.24. The van der Waals surface area contributed by atoms with E-state index in [0.717, 1.165) is 17.7 Å². The van der Waals surface area contributed by atoms with Crippen molar-refractivity contribution in [1.29, 1.82) is 0 Å². The van der Waals surface area contributed by atoms with Gasteiger partial charge >= 0.3 is 0 Å². The zero-order valence-electron chi connectivity index (χ0n) is 10.8. The minimum atomic E-state index is -0.191. The van der Waals surface area contributed by atoms with E-state index in [0.29, 0.717) is 24.3 Å². The first-order valence-electron chi connectivity index (χ1n) is 6.46. The molecule has 0 bridgehead atoms. The molecule has 1 aromatic carbocycles. The summed E-state index contributed by atoms with van der Waals surface area (Å²) in [6.45, 7) is 0.343. The van der Waals surface area contributed by atoms with Gasteiger partial charge in [-0.3, -0.25) is 9.59 Å². The van der Waals surface area contributed by atoms with Gasteiger partial charge in [0.15, 0.2) is 0 Å². The maximum Gasteiger partial charge on any atom is 0.251 e. The van der Waals surface area contributed by atoms with Crippen LogP contribution in [0.3, 0.4) is 0 Å². The van der Waals surface area contributed by atoms with Crippen LogP contribution in [-0.2, 0) is 17.8 Å². The van der Waals surface area contributed by atoms with Gasteiger partial charge in [-0.2, -0.15) is 0 Å². The van der Waals surface area contributed by atoms with Gasteiger partial charge in [0.2, 0.25) is 5.91 Å². The molecule has 0 saturated heterocycles. The molecule has 2 amide bonds. The lowest BCUT2D eigenvalue weighted by Gasteiger charge is -2.17. The van der Waals surface area contributed by atoms with Gasteiger partial charge in [-0.1, -0.05) is 6.07 Å². The fourth-order valence-electron chi connectivity index (χ4n) is 2.20. The van der Waals surface area contributed by atoms with Crippen molar-refractivity contribution >= 4 is 17.5 Å². The molecule has 2 N–H and O–H groups in total. The summed E-state index contributed by atoms with van der Waals surface area (Å²) < 4.78 is 5.15. The number of hydrogen-bond acceptors (Lipinski definition) is 3. The normalized spacial score (nSPS) is 13.5. The Morgan fingerprint density at radius 3 is 3.00 bits per heavy atom. The smallest absolute Gasteiger partial charge is 0.251 e. The maximum atomic E-state index is 12.0. The van der Waals surface area contributed by atoms with Crippen LogP contribution < -0.4 is 10.6 Å². The molecule has 1 aromatic heterocycles. The van der Waals surface area contributed by atoms with Gasteiger partial charge < -0.3 is 15.1 Å². The number of carbonyl (C=O) groups excluding carboxylic acids is 2. The summed E-state index contributed by atoms with van der Waals surface area (Å²) in [7, 11) is 0. The van der Waals surface area contributed by atoms with Gasteiger partial charge in [0.25, 0.3) is 5.91 Å². The number of fused-ring (bicyclic) bond motifs is 1. The van der Waals surface area contributed by atoms with Crippen molar-refractivity contribution in [3.05, 3.63) is 53.5 Å². The Hall–Kier alpha value is -2.56. The van der Waals surface area contributed by atoms with E-state index in [9.17, 15) is 9.59 Å². The second-order valence-electron chi connectivity index (χ2n) is 4.68. The summed E-state index contributed by atoms with van der Waals surface area (Å²) in [6.07, 6.45) is 2.78. The molecular weight excluding hydrogens is 256 g/mol. The summed E-state index contributed by atoms with van der Waals surface area (Å²) in [4.78, 5) is 23.4. The Morgan fingerprint density at radius 2 is 2.20 bits per heavy atom. The molecule has 5 heteroatoms. The SMILES string of the molecule is O=C1CCc2ccc(C(=O)NCc3ccco3)cc2N1. The predicted molar refractivity (Wildman–Crippen MR) is 73.3 cm³/mol. The summed E-state index contributed by atoms with van der Waals surface area (Å²) >= 11 is 0. The molecule has 0 spiro atoms. The molecule has 2 aromatic rings. The molecule has 5 nitrogen and oxygen atoms in total. The Bertz CT molecular complexity index is 647. The third-order valence-corrected chi connectivity index (χ3v) is 3.27. The zero-order chi connectivity index (χ0) is 13.9. The summed E-state index contributed by atoms with van der Waals surface area (Å²) in [5.74, 6) is 0.499. The number of nitrogens with one attached hydrogen (secondary N) is 2. The molecule has 102 valence electrons. The highest BCUT2D eigenvalue weighted by Crippen LogP contribution is 2.23. The average Bonchev–Trinajstić information content (AvgIpc) is 2.97. The molecule has 20 heavy (non-hydrogen) atoms. The van der Waals surface area contributed by atoms with Gasteiger partial charge in [0.1, 0.15) is 5.76 Å². The van der Waals surface area contributed by atoms with Crippen LogP contribution in [0, 0.1) is 0 Å².